The third-order valence-electron chi connectivity index (χ3n) is 6.31. The molecule has 0 bridgehead atoms. The van der Waals surface area contributed by atoms with Crippen molar-refractivity contribution in [2.45, 2.75) is 17.6 Å². The summed E-state index contributed by atoms with van der Waals surface area (Å²) in [6, 6.07) is 13.4. The molecule has 1 fully saturated rings. The number of alkyl halides is 3. The van der Waals surface area contributed by atoms with Crippen LogP contribution in [-0.2, 0) is 27.5 Å². The lowest BCUT2D eigenvalue weighted by Crippen LogP contribution is -2.40. The minimum atomic E-state index is -4.56. The van der Waals surface area contributed by atoms with Gasteiger partial charge in [-0.2, -0.15) is 17.5 Å². The van der Waals surface area contributed by atoms with Crippen LogP contribution in [0.3, 0.4) is 0 Å². The van der Waals surface area contributed by atoms with Gasteiger partial charge in [0.25, 0.3) is 0 Å². The number of nitrogens with zero attached hydrogens (tertiary/aromatic N) is 5. The average molecular weight is 573 g/mol. The van der Waals surface area contributed by atoms with Crippen LogP contribution in [0.15, 0.2) is 65.7 Å². The zero-order chi connectivity index (χ0) is 28.5. The molecule has 5 rings (SSSR count). The zero-order valence-electron chi connectivity index (χ0n) is 21.8. The maximum atomic E-state index is 13.6. The van der Waals surface area contributed by atoms with Crippen LogP contribution in [0.1, 0.15) is 11.4 Å². The Morgan fingerprint density at radius 3 is 2.42 bits per heavy atom. The van der Waals surface area contributed by atoms with Crippen molar-refractivity contribution in [3.05, 3.63) is 72.2 Å². The Morgan fingerprint density at radius 2 is 1.75 bits per heavy atom. The average Bonchev–Trinajstić information content (AvgIpc) is 2.93. The highest BCUT2D eigenvalue weighted by molar-refractivity contribution is 7.89. The molecule has 13 heteroatoms. The van der Waals surface area contributed by atoms with Gasteiger partial charge in [0.15, 0.2) is 0 Å². The quantitative estimate of drug-likeness (QED) is 0.345. The lowest BCUT2D eigenvalue weighted by Gasteiger charge is -2.26. The number of sulfonamides is 1. The third kappa shape index (κ3) is 5.92. The number of morpholine rings is 1. The Labute approximate surface area is 229 Å². The van der Waals surface area contributed by atoms with Gasteiger partial charge in [-0.15, -0.1) is 0 Å². The Kier molecular flexibility index (Phi) is 7.73. The number of rotatable bonds is 7. The molecule has 210 valence electrons. The molecule has 40 heavy (non-hydrogen) atoms. The van der Waals surface area contributed by atoms with Crippen molar-refractivity contribution in [1.82, 2.24) is 24.2 Å². The van der Waals surface area contributed by atoms with Gasteiger partial charge < -0.3 is 15.0 Å². The topological polar surface area (TPSA) is 101 Å². The maximum absolute atomic E-state index is 13.6. The Hall–Kier alpha value is -3.65. The summed E-state index contributed by atoms with van der Waals surface area (Å²) < 4.78 is 73.5. The van der Waals surface area contributed by atoms with Gasteiger partial charge in [-0.3, -0.25) is 4.98 Å². The molecule has 0 amide bonds. The maximum Gasteiger partial charge on any atom is 0.418 e. The van der Waals surface area contributed by atoms with E-state index >= 15 is 0 Å². The molecule has 4 aromatic rings. The molecule has 0 atom stereocenters. The molecule has 1 saturated heterocycles. The number of hydrogen-bond donors (Lipinski definition) is 1. The molecule has 1 N–H and O–H groups in total. The van der Waals surface area contributed by atoms with E-state index in [1.807, 2.05) is 19.0 Å². The Balaban J connectivity index is 1.51. The van der Waals surface area contributed by atoms with Crippen LogP contribution < -0.4 is 5.32 Å². The van der Waals surface area contributed by atoms with Crippen molar-refractivity contribution >= 4 is 32.4 Å². The van der Waals surface area contributed by atoms with E-state index in [1.54, 1.807) is 30.3 Å². The van der Waals surface area contributed by atoms with Gasteiger partial charge in [0, 0.05) is 35.9 Å². The van der Waals surface area contributed by atoms with Crippen molar-refractivity contribution in [3.63, 3.8) is 0 Å². The molecule has 0 spiro atoms. The molecule has 0 radical (unpaired) electrons. The third-order valence-corrected chi connectivity index (χ3v) is 8.23. The van der Waals surface area contributed by atoms with Crippen molar-refractivity contribution in [2.24, 2.45) is 0 Å². The first kappa shape index (κ1) is 27.9. The first-order valence-electron chi connectivity index (χ1n) is 12.5. The molecule has 9 nitrogen and oxygen atoms in total. The Bertz CT molecular complexity index is 1620. The molecule has 2 aromatic carbocycles. The van der Waals surface area contributed by atoms with Gasteiger partial charge in [0.1, 0.15) is 11.6 Å². The van der Waals surface area contributed by atoms with E-state index in [1.165, 1.54) is 28.7 Å². The summed E-state index contributed by atoms with van der Waals surface area (Å²) in [5.41, 5.74) is 0.291. The second kappa shape index (κ2) is 11.1. The summed E-state index contributed by atoms with van der Waals surface area (Å²) in [6.07, 6.45) is -3.24. The molecule has 0 aliphatic carbocycles. The summed E-state index contributed by atoms with van der Waals surface area (Å²) in [5, 5.41) is 3.80. The number of benzene rings is 2. The van der Waals surface area contributed by atoms with Gasteiger partial charge in [0.05, 0.1) is 41.4 Å². The molecule has 1 aliphatic rings. The van der Waals surface area contributed by atoms with Crippen LogP contribution in [0.25, 0.3) is 22.2 Å². The monoisotopic (exact) mass is 572 g/mol. The summed E-state index contributed by atoms with van der Waals surface area (Å²) >= 11 is 0. The molecule has 0 saturated carbocycles. The highest BCUT2D eigenvalue weighted by Gasteiger charge is 2.34. The predicted molar refractivity (Wildman–Crippen MR) is 144 cm³/mol. The van der Waals surface area contributed by atoms with Gasteiger partial charge in [-0.25, -0.2) is 18.4 Å². The normalized spacial score (nSPS) is 15.1. The number of ether oxygens (including phenoxy) is 1. The van der Waals surface area contributed by atoms with Crippen molar-refractivity contribution in [1.29, 1.82) is 0 Å². The fourth-order valence-electron chi connectivity index (χ4n) is 4.42. The van der Waals surface area contributed by atoms with E-state index in [0.29, 0.717) is 61.1 Å². The lowest BCUT2D eigenvalue weighted by atomic mass is 10.0. The highest BCUT2D eigenvalue weighted by atomic mass is 32.2. The summed E-state index contributed by atoms with van der Waals surface area (Å²) in [4.78, 5) is 15.3. The SMILES string of the molecule is CN(C)Cc1nc(Nc2ccc(S(=O)(=O)N3CCOCC3)cc2)c2ccc(-c3ncccc3C(F)(F)F)cc2n1. The van der Waals surface area contributed by atoms with Crippen LogP contribution in [0.4, 0.5) is 24.7 Å². The van der Waals surface area contributed by atoms with Gasteiger partial charge in [-0.1, -0.05) is 6.07 Å². The van der Waals surface area contributed by atoms with E-state index in [4.69, 9.17) is 4.74 Å². The van der Waals surface area contributed by atoms with Crippen molar-refractivity contribution in [2.75, 3.05) is 45.7 Å². The highest BCUT2D eigenvalue weighted by Crippen LogP contribution is 2.37. The predicted octanol–water partition coefficient (Wildman–Crippen LogP) is 4.54. The lowest BCUT2D eigenvalue weighted by molar-refractivity contribution is -0.137. The largest absolute Gasteiger partial charge is 0.418 e. The number of hydrogen-bond acceptors (Lipinski definition) is 8. The smallest absolute Gasteiger partial charge is 0.379 e. The fourth-order valence-corrected chi connectivity index (χ4v) is 5.83. The number of nitrogens with one attached hydrogen (secondary N) is 1. The molecule has 1 aliphatic heterocycles. The first-order chi connectivity index (χ1) is 19.0. The van der Waals surface area contributed by atoms with Gasteiger partial charge in [0.2, 0.25) is 10.0 Å². The molecular formula is C27H27F3N6O3S. The van der Waals surface area contributed by atoms with Crippen LogP contribution in [0.5, 0.6) is 0 Å². The second-order valence-corrected chi connectivity index (χ2v) is 11.5. The minimum absolute atomic E-state index is 0.168. The van der Waals surface area contributed by atoms with E-state index in [2.05, 4.69) is 20.3 Å². The first-order valence-corrected chi connectivity index (χ1v) is 13.9. The second-order valence-electron chi connectivity index (χ2n) is 9.52. The van der Waals surface area contributed by atoms with E-state index in [0.717, 1.165) is 6.07 Å². The minimum Gasteiger partial charge on any atom is -0.379 e. The number of aromatic nitrogens is 3. The Morgan fingerprint density at radius 1 is 1.02 bits per heavy atom. The number of halogens is 3. The summed E-state index contributed by atoms with van der Waals surface area (Å²) in [6.45, 7) is 1.70. The molecule has 2 aromatic heterocycles. The zero-order valence-corrected chi connectivity index (χ0v) is 22.6. The van der Waals surface area contributed by atoms with Gasteiger partial charge in [-0.05, 0) is 62.6 Å². The van der Waals surface area contributed by atoms with Crippen LogP contribution in [-0.4, -0.2) is 73.0 Å². The van der Waals surface area contributed by atoms with Gasteiger partial charge >= 0.3 is 6.18 Å². The molecule has 0 unspecified atom stereocenters. The number of anilines is 2. The number of pyridine rings is 1. The van der Waals surface area contributed by atoms with Crippen molar-refractivity contribution in [3.8, 4) is 11.3 Å². The van der Waals surface area contributed by atoms with E-state index in [-0.39, 0.29) is 16.2 Å². The van der Waals surface area contributed by atoms with Crippen LogP contribution in [0.2, 0.25) is 0 Å². The molecule has 3 heterocycles. The summed E-state index contributed by atoms with van der Waals surface area (Å²) in [7, 11) is 0.0674. The summed E-state index contributed by atoms with van der Waals surface area (Å²) in [5.74, 6) is 0.898. The number of fused-ring (bicyclic) bond motifs is 1. The van der Waals surface area contributed by atoms with Crippen LogP contribution >= 0.6 is 0 Å². The van der Waals surface area contributed by atoms with E-state index in [9.17, 15) is 21.6 Å². The van der Waals surface area contributed by atoms with Crippen LogP contribution in [0, 0.1) is 0 Å². The fraction of sp³-hybridized carbons (Fsp3) is 0.296. The van der Waals surface area contributed by atoms with E-state index < -0.39 is 21.8 Å². The molecular weight excluding hydrogens is 545 g/mol. The standard InChI is InChI=1S/C27H27F3N6O3S/c1-35(2)17-24-33-23-16-18(25-22(27(28,29)30)4-3-11-31-25)5-10-21(23)26(34-24)32-19-6-8-20(9-7-19)40(37,38)36-12-14-39-15-13-36/h3-11,16H,12-15,17H2,1-2H3,(H,32,33,34). The van der Waals surface area contributed by atoms with Crippen molar-refractivity contribution < 1.29 is 26.3 Å².